The molecule has 3 aromatic rings. The maximum atomic E-state index is 12.4. The van der Waals surface area contributed by atoms with Gasteiger partial charge >= 0.3 is 0 Å². The summed E-state index contributed by atoms with van der Waals surface area (Å²) in [5.41, 5.74) is 0.901. The SMILES string of the molecule is CC(C)c1ncc(Oc2ccc(NC(=O)Cc3ccccc3Cl)cc2S(N)(=O)=O)cn1. The van der Waals surface area contributed by atoms with E-state index in [0.29, 0.717) is 16.4 Å². The Balaban J connectivity index is 1.81. The molecule has 0 atom stereocenters. The zero-order valence-corrected chi connectivity index (χ0v) is 18.4. The summed E-state index contributed by atoms with van der Waals surface area (Å²) in [4.78, 5) is 20.4. The van der Waals surface area contributed by atoms with Crippen molar-refractivity contribution in [2.45, 2.75) is 31.1 Å². The lowest BCUT2D eigenvalue weighted by molar-refractivity contribution is -0.115. The lowest BCUT2D eigenvalue weighted by Gasteiger charge is -2.13. The van der Waals surface area contributed by atoms with E-state index in [2.05, 4.69) is 15.3 Å². The number of carbonyl (C=O) groups is 1. The molecule has 3 rings (SSSR count). The van der Waals surface area contributed by atoms with Crippen molar-refractivity contribution in [1.82, 2.24) is 9.97 Å². The van der Waals surface area contributed by atoms with Crippen molar-refractivity contribution in [3.8, 4) is 11.5 Å². The molecule has 0 fully saturated rings. The second-order valence-corrected chi connectivity index (χ2v) is 8.99. The van der Waals surface area contributed by atoms with Crippen molar-refractivity contribution < 1.29 is 17.9 Å². The van der Waals surface area contributed by atoms with Crippen LogP contribution in [-0.2, 0) is 21.2 Å². The summed E-state index contributed by atoms with van der Waals surface area (Å²) in [6.45, 7) is 3.90. The van der Waals surface area contributed by atoms with Crippen molar-refractivity contribution in [2.75, 3.05) is 5.32 Å². The number of hydrogen-bond donors (Lipinski definition) is 2. The van der Waals surface area contributed by atoms with Crippen LogP contribution in [0, 0.1) is 0 Å². The van der Waals surface area contributed by atoms with E-state index in [4.69, 9.17) is 21.5 Å². The molecule has 0 spiro atoms. The highest BCUT2D eigenvalue weighted by molar-refractivity contribution is 7.89. The highest BCUT2D eigenvalue weighted by atomic mass is 35.5. The number of sulfonamides is 1. The van der Waals surface area contributed by atoms with E-state index in [1.54, 1.807) is 24.3 Å². The van der Waals surface area contributed by atoms with E-state index in [9.17, 15) is 13.2 Å². The molecule has 2 aromatic carbocycles. The lowest BCUT2D eigenvalue weighted by atomic mass is 10.1. The first-order chi connectivity index (χ1) is 14.6. The lowest BCUT2D eigenvalue weighted by Crippen LogP contribution is -2.17. The molecule has 0 bridgehead atoms. The minimum absolute atomic E-state index is 0.00694. The first kappa shape index (κ1) is 22.7. The molecular weight excluding hydrogens is 440 g/mol. The number of carbonyl (C=O) groups excluding carboxylic acids is 1. The van der Waals surface area contributed by atoms with Crippen LogP contribution in [0.25, 0.3) is 0 Å². The van der Waals surface area contributed by atoms with Gasteiger partial charge in [0.05, 0.1) is 18.8 Å². The number of halogens is 1. The normalized spacial score (nSPS) is 11.4. The zero-order valence-electron chi connectivity index (χ0n) is 16.9. The summed E-state index contributed by atoms with van der Waals surface area (Å²) in [5, 5.41) is 8.46. The topological polar surface area (TPSA) is 124 Å². The number of nitrogens with one attached hydrogen (secondary N) is 1. The fourth-order valence-electron chi connectivity index (χ4n) is 2.72. The molecule has 0 aliphatic rings. The van der Waals surface area contributed by atoms with Gasteiger partial charge in [-0.1, -0.05) is 43.6 Å². The van der Waals surface area contributed by atoms with E-state index in [-0.39, 0.29) is 40.3 Å². The average molecular weight is 461 g/mol. The highest BCUT2D eigenvalue weighted by Crippen LogP contribution is 2.30. The van der Waals surface area contributed by atoms with E-state index >= 15 is 0 Å². The smallest absolute Gasteiger partial charge is 0.241 e. The number of aromatic nitrogens is 2. The Morgan fingerprint density at radius 3 is 2.45 bits per heavy atom. The Kier molecular flexibility index (Phi) is 6.89. The van der Waals surface area contributed by atoms with Gasteiger partial charge in [-0.15, -0.1) is 0 Å². The molecule has 0 saturated carbocycles. The largest absolute Gasteiger partial charge is 0.453 e. The van der Waals surface area contributed by atoms with Gasteiger partial charge in [-0.3, -0.25) is 4.79 Å². The molecule has 3 N–H and O–H groups in total. The molecule has 0 radical (unpaired) electrons. The van der Waals surface area contributed by atoms with Gasteiger partial charge in [0.15, 0.2) is 5.75 Å². The molecule has 1 heterocycles. The van der Waals surface area contributed by atoms with Crippen molar-refractivity contribution in [1.29, 1.82) is 0 Å². The van der Waals surface area contributed by atoms with Crippen LogP contribution in [0.4, 0.5) is 5.69 Å². The van der Waals surface area contributed by atoms with E-state index in [0.717, 1.165) is 0 Å². The number of rotatable bonds is 7. The van der Waals surface area contributed by atoms with Gasteiger partial charge in [0.1, 0.15) is 16.5 Å². The van der Waals surface area contributed by atoms with Crippen LogP contribution in [-0.4, -0.2) is 24.3 Å². The molecule has 0 aliphatic carbocycles. The molecule has 8 nitrogen and oxygen atoms in total. The van der Waals surface area contributed by atoms with E-state index in [1.165, 1.54) is 30.6 Å². The molecule has 1 amide bonds. The van der Waals surface area contributed by atoms with Crippen molar-refractivity contribution in [3.05, 3.63) is 71.3 Å². The Morgan fingerprint density at radius 2 is 1.84 bits per heavy atom. The summed E-state index contributed by atoms with van der Waals surface area (Å²) in [7, 11) is -4.14. The number of amides is 1. The van der Waals surface area contributed by atoms with Crippen LogP contribution < -0.4 is 15.2 Å². The maximum Gasteiger partial charge on any atom is 0.241 e. The first-order valence-corrected chi connectivity index (χ1v) is 11.3. The van der Waals surface area contributed by atoms with Gasteiger partial charge in [0.2, 0.25) is 15.9 Å². The third kappa shape index (κ3) is 6.00. The minimum Gasteiger partial charge on any atom is -0.453 e. The Labute approximate surface area is 185 Å². The van der Waals surface area contributed by atoms with Crippen LogP contribution in [0.1, 0.15) is 31.2 Å². The second-order valence-electron chi connectivity index (χ2n) is 7.06. The predicted molar refractivity (Wildman–Crippen MR) is 118 cm³/mol. The summed E-state index contributed by atoms with van der Waals surface area (Å²) in [6.07, 6.45) is 2.94. The number of benzene rings is 2. The highest BCUT2D eigenvalue weighted by Gasteiger charge is 2.18. The maximum absolute atomic E-state index is 12.4. The van der Waals surface area contributed by atoms with Crippen molar-refractivity contribution in [3.63, 3.8) is 0 Å². The average Bonchev–Trinajstić information content (AvgIpc) is 2.70. The van der Waals surface area contributed by atoms with Gasteiger partial charge in [-0.2, -0.15) is 0 Å². The number of nitrogens with zero attached hydrogens (tertiary/aromatic N) is 2. The van der Waals surface area contributed by atoms with Gasteiger partial charge in [0, 0.05) is 16.6 Å². The fraction of sp³-hybridized carbons (Fsp3) is 0.190. The number of primary sulfonamides is 1. The third-order valence-corrected chi connectivity index (χ3v) is 5.54. The van der Waals surface area contributed by atoms with Crippen LogP contribution >= 0.6 is 11.6 Å². The van der Waals surface area contributed by atoms with Gasteiger partial charge in [-0.25, -0.2) is 23.5 Å². The Morgan fingerprint density at radius 1 is 1.16 bits per heavy atom. The Bertz CT molecular complexity index is 1200. The van der Waals surface area contributed by atoms with E-state index < -0.39 is 10.0 Å². The molecule has 0 aliphatic heterocycles. The molecule has 0 unspecified atom stereocenters. The summed E-state index contributed by atoms with van der Waals surface area (Å²) in [5.74, 6) is 0.662. The minimum atomic E-state index is -4.14. The number of ether oxygens (including phenoxy) is 1. The van der Waals surface area contributed by atoms with Crippen LogP contribution in [0.2, 0.25) is 5.02 Å². The molecule has 1 aromatic heterocycles. The number of hydrogen-bond acceptors (Lipinski definition) is 6. The molecule has 162 valence electrons. The third-order valence-electron chi connectivity index (χ3n) is 4.24. The summed E-state index contributed by atoms with van der Waals surface area (Å²) >= 11 is 6.08. The zero-order chi connectivity index (χ0) is 22.6. The van der Waals surface area contributed by atoms with Crippen LogP contribution in [0.3, 0.4) is 0 Å². The number of anilines is 1. The molecule has 10 heteroatoms. The fourth-order valence-corrected chi connectivity index (χ4v) is 3.60. The van der Waals surface area contributed by atoms with Crippen LogP contribution in [0.5, 0.6) is 11.5 Å². The van der Waals surface area contributed by atoms with Gasteiger partial charge in [-0.05, 0) is 29.8 Å². The quantitative estimate of drug-likeness (QED) is 0.551. The van der Waals surface area contributed by atoms with Crippen molar-refractivity contribution in [2.24, 2.45) is 5.14 Å². The molecular formula is C21H21ClN4O4S. The van der Waals surface area contributed by atoms with Crippen LogP contribution in [0.15, 0.2) is 59.8 Å². The Hall–Kier alpha value is -3.01. The number of nitrogens with two attached hydrogens (primary N) is 1. The predicted octanol–water partition coefficient (Wildman–Crippen LogP) is 3.87. The monoisotopic (exact) mass is 460 g/mol. The van der Waals surface area contributed by atoms with Gasteiger partial charge in [0.25, 0.3) is 0 Å². The second kappa shape index (κ2) is 9.42. The summed E-state index contributed by atoms with van der Waals surface area (Å²) < 4.78 is 29.8. The standard InChI is InChI=1S/C21H21ClN4O4S/c1-13(2)21-24-11-16(12-25-21)30-18-8-7-15(10-19(18)31(23,28)29)26-20(27)9-14-5-3-4-6-17(14)22/h3-8,10-13H,9H2,1-2H3,(H,26,27)(H2,23,28,29). The summed E-state index contributed by atoms with van der Waals surface area (Å²) in [6, 6.07) is 11.1. The molecule has 0 saturated heterocycles. The van der Waals surface area contributed by atoms with Crippen molar-refractivity contribution >= 4 is 33.2 Å². The molecule has 31 heavy (non-hydrogen) atoms. The van der Waals surface area contributed by atoms with Gasteiger partial charge < -0.3 is 10.1 Å². The first-order valence-electron chi connectivity index (χ1n) is 9.33. The van der Waals surface area contributed by atoms with E-state index in [1.807, 2.05) is 13.8 Å².